The molecule has 144 valence electrons. The van der Waals surface area contributed by atoms with Crippen LogP contribution in [0.5, 0.6) is 0 Å². The molecule has 2 heterocycles. The minimum absolute atomic E-state index is 0.196. The summed E-state index contributed by atoms with van der Waals surface area (Å²) in [7, 11) is 0. The number of aryl methyl sites for hydroxylation is 2. The molecule has 0 atom stereocenters. The number of hydrogen-bond donors (Lipinski definition) is 1. The van der Waals surface area contributed by atoms with Gasteiger partial charge >= 0.3 is 0 Å². The van der Waals surface area contributed by atoms with Crippen LogP contribution in [0.4, 0.5) is 16.0 Å². The van der Waals surface area contributed by atoms with Crippen LogP contribution in [0, 0.1) is 12.7 Å². The molecular weight excluding hydrogens is 351 g/mol. The van der Waals surface area contributed by atoms with E-state index in [1.165, 1.54) is 16.7 Å². The van der Waals surface area contributed by atoms with Crippen molar-refractivity contribution < 1.29 is 13.9 Å². The maximum Gasteiger partial charge on any atom is 0.255 e. The molecule has 27 heavy (non-hydrogen) atoms. The number of anilines is 2. The maximum absolute atomic E-state index is 13.7. The monoisotopic (exact) mass is 374 g/mol. The first-order chi connectivity index (χ1) is 13.0. The Hall–Kier alpha value is -2.74. The molecule has 0 aliphatic carbocycles. The van der Waals surface area contributed by atoms with Crippen LogP contribution in [-0.4, -0.2) is 41.8 Å². The van der Waals surface area contributed by atoms with E-state index in [0.29, 0.717) is 55.6 Å². The van der Waals surface area contributed by atoms with Crippen molar-refractivity contribution in [1.82, 2.24) is 9.55 Å². The standard InChI is InChI=1S/C19H23FN4O3/c1-3-14-11-18(26)24(19(22-14)23-6-8-27-9-7-23)12-17(25)21-15-5-4-13(2)16(20)10-15/h4-5,10-11H,3,6-9,12H2,1-2H3,(H,21,25). The average Bonchev–Trinajstić information content (AvgIpc) is 2.66. The number of halogens is 1. The molecule has 1 aliphatic heterocycles. The highest BCUT2D eigenvalue weighted by molar-refractivity contribution is 5.90. The lowest BCUT2D eigenvalue weighted by Crippen LogP contribution is -2.42. The van der Waals surface area contributed by atoms with E-state index in [1.54, 1.807) is 19.1 Å². The molecule has 0 radical (unpaired) electrons. The van der Waals surface area contributed by atoms with Crippen LogP contribution in [0.1, 0.15) is 18.2 Å². The number of hydrogen-bond acceptors (Lipinski definition) is 5. The fourth-order valence-electron chi connectivity index (χ4n) is 2.89. The Kier molecular flexibility index (Phi) is 5.85. The smallest absolute Gasteiger partial charge is 0.255 e. The van der Waals surface area contributed by atoms with Gasteiger partial charge in [-0.1, -0.05) is 13.0 Å². The number of amides is 1. The van der Waals surface area contributed by atoms with E-state index >= 15 is 0 Å². The first kappa shape index (κ1) is 19.0. The second-order valence-corrected chi connectivity index (χ2v) is 6.44. The number of benzene rings is 1. The second kappa shape index (κ2) is 8.30. The van der Waals surface area contributed by atoms with Crippen LogP contribution < -0.4 is 15.8 Å². The third-order valence-electron chi connectivity index (χ3n) is 4.45. The van der Waals surface area contributed by atoms with E-state index in [0.717, 1.165) is 0 Å². The normalized spacial score (nSPS) is 14.3. The number of morpholine rings is 1. The minimum Gasteiger partial charge on any atom is -0.378 e. The zero-order valence-corrected chi connectivity index (χ0v) is 15.5. The van der Waals surface area contributed by atoms with Gasteiger partial charge in [-0.2, -0.15) is 0 Å². The van der Waals surface area contributed by atoms with E-state index < -0.39 is 11.7 Å². The molecule has 7 nitrogen and oxygen atoms in total. The molecule has 1 amide bonds. The largest absolute Gasteiger partial charge is 0.378 e. The molecule has 0 bridgehead atoms. The lowest BCUT2D eigenvalue weighted by molar-refractivity contribution is -0.116. The summed E-state index contributed by atoms with van der Waals surface area (Å²) in [5.74, 6) is -0.346. The van der Waals surface area contributed by atoms with E-state index in [9.17, 15) is 14.0 Å². The topological polar surface area (TPSA) is 76.5 Å². The molecule has 1 N–H and O–H groups in total. The van der Waals surface area contributed by atoms with Crippen molar-refractivity contribution in [2.45, 2.75) is 26.8 Å². The number of aromatic nitrogens is 2. The summed E-state index contributed by atoms with van der Waals surface area (Å²) in [6.45, 7) is 5.67. The van der Waals surface area contributed by atoms with Crippen LogP contribution in [-0.2, 0) is 22.5 Å². The Labute approximate surface area is 156 Å². The number of ether oxygens (including phenoxy) is 1. The maximum atomic E-state index is 13.7. The predicted octanol–water partition coefficient (Wildman–Crippen LogP) is 1.73. The van der Waals surface area contributed by atoms with E-state index in [2.05, 4.69) is 10.3 Å². The Morgan fingerprint density at radius 3 is 2.70 bits per heavy atom. The van der Waals surface area contributed by atoms with E-state index in [-0.39, 0.29) is 12.1 Å². The molecule has 3 rings (SSSR count). The highest BCUT2D eigenvalue weighted by atomic mass is 19.1. The molecule has 1 saturated heterocycles. The first-order valence-electron chi connectivity index (χ1n) is 8.97. The van der Waals surface area contributed by atoms with Crippen molar-refractivity contribution in [1.29, 1.82) is 0 Å². The quantitative estimate of drug-likeness (QED) is 0.863. The molecule has 1 aliphatic rings. The van der Waals surface area contributed by atoms with Crippen LogP contribution in [0.15, 0.2) is 29.1 Å². The van der Waals surface area contributed by atoms with Gasteiger partial charge in [-0.15, -0.1) is 0 Å². The van der Waals surface area contributed by atoms with Gasteiger partial charge in [0, 0.05) is 30.5 Å². The van der Waals surface area contributed by atoms with Crippen LogP contribution >= 0.6 is 0 Å². The van der Waals surface area contributed by atoms with Gasteiger partial charge in [-0.25, -0.2) is 9.37 Å². The van der Waals surface area contributed by atoms with Gasteiger partial charge in [-0.3, -0.25) is 14.2 Å². The van der Waals surface area contributed by atoms with Crippen LogP contribution in [0.25, 0.3) is 0 Å². The summed E-state index contributed by atoms with van der Waals surface area (Å²) in [4.78, 5) is 31.5. The van der Waals surface area contributed by atoms with Crippen molar-refractivity contribution in [3.63, 3.8) is 0 Å². The second-order valence-electron chi connectivity index (χ2n) is 6.44. The van der Waals surface area contributed by atoms with Crippen molar-refractivity contribution in [2.24, 2.45) is 0 Å². The van der Waals surface area contributed by atoms with Gasteiger partial charge in [0.2, 0.25) is 11.9 Å². The summed E-state index contributed by atoms with van der Waals surface area (Å²) in [6.07, 6.45) is 0.627. The third kappa shape index (κ3) is 4.51. The molecule has 0 spiro atoms. The van der Waals surface area contributed by atoms with Gasteiger partial charge < -0.3 is 15.0 Å². The summed E-state index contributed by atoms with van der Waals surface area (Å²) in [6, 6.07) is 5.92. The Balaban J connectivity index is 1.85. The molecule has 1 fully saturated rings. The van der Waals surface area contributed by atoms with Crippen molar-refractivity contribution in [3.05, 3.63) is 51.7 Å². The van der Waals surface area contributed by atoms with Gasteiger partial charge in [0.15, 0.2) is 0 Å². The summed E-state index contributed by atoms with van der Waals surface area (Å²) < 4.78 is 20.4. The SMILES string of the molecule is CCc1cc(=O)n(CC(=O)Nc2ccc(C)c(F)c2)c(N2CCOCC2)n1. The Morgan fingerprint density at radius 2 is 2.04 bits per heavy atom. The van der Waals surface area contributed by atoms with Crippen molar-refractivity contribution in [3.8, 4) is 0 Å². The Morgan fingerprint density at radius 1 is 1.30 bits per heavy atom. The summed E-state index contributed by atoms with van der Waals surface area (Å²) in [5.41, 5.74) is 1.24. The summed E-state index contributed by atoms with van der Waals surface area (Å²) >= 11 is 0. The van der Waals surface area contributed by atoms with E-state index in [1.807, 2.05) is 11.8 Å². The number of nitrogens with zero attached hydrogens (tertiary/aromatic N) is 3. The van der Waals surface area contributed by atoms with Gasteiger partial charge in [0.25, 0.3) is 5.56 Å². The highest BCUT2D eigenvalue weighted by Crippen LogP contribution is 2.15. The van der Waals surface area contributed by atoms with Crippen LogP contribution in [0.3, 0.4) is 0 Å². The van der Waals surface area contributed by atoms with Gasteiger partial charge in [0.05, 0.1) is 13.2 Å². The zero-order chi connectivity index (χ0) is 19.4. The predicted molar refractivity (Wildman–Crippen MR) is 101 cm³/mol. The molecule has 8 heteroatoms. The number of carbonyl (C=O) groups excluding carboxylic acids is 1. The molecular formula is C19H23FN4O3. The minimum atomic E-state index is -0.416. The number of rotatable bonds is 5. The molecule has 0 unspecified atom stereocenters. The Bertz CT molecular complexity index is 891. The highest BCUT2D eigenvalue weighted by Gasteiger charge is 2.20. The van der Waals surface area contributed by atoms with Crippen molar-refractivity contribution in [2.75, 3.05) is 36.5 Å². The number of carbonyl (C=O) groups is 1. The average molecular weight is 374 g/mol. The lowest BCUT2D eigenvalue weighted by Gasteiger charge is -2.29. The van der Waals surface area contributed by atoms with Crippen molar-refractivity contribution >= 4 is 17.5 Å². The molecule has 1 aromatic carbocycles. The fourth-order valence-corrected chi connectivity index (χ4v) is 2.89. The zero-order valence-electron chi connectivity index (χ0n) is 15.5. The first-order valence-corrected chi connectivity index (χ1v) is 8.97. The fraction of sp³-hybridized carbons (Fsp3) is 0.421. The van der Waals surface area contributed by atoms with Gasteiger partial charge in [0.1, 0.15) is 12.4 Å². The van der Waals surface area contributed by atoms with Crippen LogP contribution in [0.2, 0.25) is 0 Å². The number of nitrogens with one attached hydrogen (secondary N) is 1. The summed E-state index contributed by atoms with van der Waals surface area (Å²) in [5, 5.41) is 2.63. The lowest BCUT2D eigenvalue weighted by atomic mass is 10.2. The van der Waals surface area contributed by atoms with Gasteiger partial charge in [-0.05, 0) is 31.0 Å². The third-order valence-corrected chi connectivity index (χ3v) is 4.45. The molecule has 2 aromatic rings. The molecule has 0 saturated carbocycles. The molecule has 1 aromatic heterocycles. The van der Waals surface area contributed by atoms with E-state index in [4.69, 9.17) is 4.74 Å².